The lowest BCUT2D eigenvalue weighted by atomic mass is 10.1. The van der Waals surface area contributed by atoms with Gasteiger partial charge in [-0.25, -0.2) is 0 Å². The second-order valence-corrected chi connectivity index (χ2v) is 5.07. The molecule has 2 aromatic rings. The van der Waals surface area contributed by atoms with Gasteiger partial charge in [-0.3, -0.25) is 14.6 Å². The normalized spacial score (nSPS) is 19.5. The number of pyridine rings is 1. The van der Waals surface area contributed by atoms with E-state index in [0.29, 0.717) is 4.77 Å². The molecule has 1 N–H and O–H groups in total. The Morgan fingerprint density at radius 1 is 1.37 bits per heavy atom. The van der Waals surface area contributed by atoms with E-state index in [1.54, 1.807) is 12.4 Å². The summed E-state index contributed by atoms with van der Waals surface area (Å²) in [7, 11) is 0. The fourth-order valence-corrected chi connectivity index (χ4v) is 2.57. The van der Waals surface area contributed by atoms with E-state index in [4.69, 9.17) is 17.0 Å². The fraction of sp³-hybridized carbons (Fsp3) is 0.462. The maximum atomic E-state index is 5.78. The Hall–Kier alpha value is -1.53. The highest BCUT2D eigenvalue weighted by molar-refractivity contribution is 7.71. The number of hydrogen-bond donors (Lipinski definition) is 1. The summed E-state index contributed by atoms with van der Waals surface area (Å²) in [5.41, 5.74) is 1.01. The molecule has 5 nitrogen and oxygen atoms in total. The van der Waals surface area contributed by atoms with Gasteiger partial charge in [0.05, 0.1) is 12.6 Å². The van der Waals surface area contributed by atoms with Crippen LogP contribution in [0.4, 0.5) is 0 Å². The van der Waals surface area contributed by atoms with E-state index in [1.165, 1.54) is 6.42 Å². The predicted octanol–water partition coefficient (Wildman–Crippen LogP) is 2.57. The van der Waals surface area contributed by atoms with Gasteiger partial charge in [-0.1, -0.05) is 0 Å². The second kappa shape index (κ2) is 5.63. The number of aromatic amines is 1. The van der Waals surface area contributed by atoms with Crippen LogP contribution in [0.2, 0.25) is 0 Å². The van der Waals surface area contributed by atoms with Crippen LogP contribution in [-0.2, 0) is 11.3 Å². The summed E-state index contributed by atoms with van der Waals surface area (Å²) >= 11 is 5.32. The quantitative estimate of drug-likeness (QED) is 0.875. The minimum absolute atomic E-state index is 0.235. The molecule has 6 heteroatoms. The van der Waals surface area contributed by atoms with Crippen molar-refractivity contribution >= 4 is 12.2 Å². The Balaban J connectivity index is 1.88. The van der Waals surface area contributed by atoms with E-state index in [0.717, 1.165) is 37.4 Å². The minimum Gasteiger partial charge on any atom is -0.376 e. The molecule has 0 spiro atoms. The van der Waals surface area contributed by atoms with Gasteiger partial charge in [-0.15, -0.1) is 0 Å². The highest BCUT2D eigenvalue weighted by atomic mass is 32.1. The number of H-pyrrole nitrogens is 1. The predicted molar refractivity (Wildman–Crippen MR) is 74.2 cm³/mol. The van der Waals surface area contributed by atoms with Crippen LogP contribution in [0.25, 0.3) is 11.4 Å². The van der Waals surface area contributed by atoms with Crippen molar-refractivity contribution in [3.05, 3.63) is 29.3 Å². The van der Waals surface area contributed by atoms with Crippen LogP contribution in [-0.4, -0.2) is 32.5 Å². The molecule has 19 heavy (non-hydrogen) atoms. The van der Waals surface area contributed by atoms with Crippen molar-refractivity contribution < 1.29 is 4.74 Å². The van der Waals surface area contributed by atoms with Crippen LogP contribution in [0.15, 0.2) is 24.5 Å². The lowest BCUT2D eigenvalue weighted by Gasteiger charge is -2.23. The second-order valence-electron chi connectivity index (χ2n) is 4.69. The number of rotatable bonds is 3. The maximum absolute atomic E-state index is 5.78. The largest absolute Gasteiger partial charge is 0.376 e. The van der Waals surface area contributed by atoms with E-state index < -0.39 is 0 Å². The highest BCUT2D eigenvalue weighted by Gasteiger charge is 2.17. The summed E-state index contributed by atoms with van der Waals surface area (Å²) in [5, 5.41) is 7.18. The van der Waals surface area contributed by atoms with Gasteiger partial charge in [-0.2, -0.15) is 5.10 Å². The first-order chi connectivity index (χ1) is 9.34. The lowest BCUT2D eigenvalue weighted by molar-refractivity contribution is 0.00598. The molecule has 0 radical (unpaired) electrons. The summed E-state index contributed by atoms with van der Waals surface area (Å²) in [6.07, 6.45) is 7.22. The first-order valence-corrected chi connectivity index (χ1v) is 6.92. The zero-order valence-electron chi connectivity index (χ0n) is 10.6. The van der Waals surface area contributed by atoms with Gasteiger partial charge in [-0.05, 0) is 43.6 Å². The van der Waals surface area contributed by atoms with E-state index in [-0.39, 0.29) is 6.10 Å². The first kappa shape index (κ1) is 12.5. The van der Waals surface area contributed by atoms with Crippen molar-refractivity contribution in [2.24, 2.45) is 0 Å². The molecule has 3 rings (SSSR count). The third kappa shape index (κ3) is 2.74. The summed E-state index contributed by atoms with van der Waals surface area (Å²) in [6.45, 7) is 1.60. The third-order valence-electron chi connectivity index (χ3n) is 3.36. The van der Waals surface area contributed by atoms with Gasteiger partial charge in [0.2, 0.25) is 0 Å². The number of aromatic nitrogens is 4. The molecule has 0 bridgehead atoms. The molecule has 1 saturated heterocycles. The third-order valence-corrected chi connectivity index (χ3v) is 3.67. The summed E-state index contributed by atoms with van der Waals surface area (Å²) in [6, 6.07) is 3.87. The van der Waals surface area contributed by atoms with E-state index >= 15 is 0 Å². The van der Waals surface area contributed by atoms with Crippen LogP contribution in [0.1, 0.15) is 19.3 Å². The molecule has 1 fully saturated rings. The molecule has 1 aliphatic rings. The van der Waals surface area contributed by atoms with Gasteiger partial charge in [0.25, 0.3) is 0 Å². The Labute approximate surface area is 116 Å². The van der Waals surface area contributed by atoms with Gasteiger partial charge in [0.1, 0.15) is 0 Å². The number of nitrogens with zero attached hydrogens (tertiary/aromatic N) is 3. The Bertz CT molecular complexity index is 586. The van der Waals surface area contributed by atoms with Gasteiger partial charge < -0.3 is 4.74 Å². The molecule has 3 heterocycles. The zero-order chi connectivity index (χ0) is 13.1. The van der Waals surface area contributed by atoms with Gasteiger partial charge in [0.15, 0.2) is 10.6 Å². The molecule has 0 aliphatic carbocycles. The zero-order valence-corrected chi connectivity index (χ0v) is 11.4. The monoisotopic (exact) mass is 276 g/mol. The number of ether oxygens (including phenoxy) is 1. The van der Waals surface area contributed by atoms with Crippen molar-refractivity contribution in [3.63, 3.8) is 0 Å². The molecule has 100 valence electrons. The van der Waals surface area contributed by atoms with E-state index in [9.17, 15) is 0 Å². The Morgan fingerprint density at radius 2 is 2.21 bits per heavy atom. The van der Waals surface area contributed by atoms with Gasteiger partial charge in [0, 0.05) is 24.6 Å². The van der Waals surface area contributed by atoms with Crippen LogP contribution in [0.5, 0.6) is 0 Å². The standard InChI is InChI=1S/C13H16N4OS/c19-13-16-15-12(10-4-6-14-7-5-10)17(13)9-11-3-1-2-8-18-11/h4-7,11H,1-3,8-9H2,(H,16,19). The van der Waals surface area contributed by atoms with Crippen LogP contribution in [0.3, 0.4) is 0 Å². The Kier molecular flexibility index (Phi) is 3.70. The smallest absolute Gasteiger partial charge is 0.195 e. The number of hydrogen-bond acceptors (Lipinski definition) is 4. The first-order valence-electron chi connectivity index (χ1n) is 6.52. The van der Waals surface area contributed by atoms with Crippen molar-refractivity contribution in [1.29, 1.82) is 0 Å². The molecular weight excluding hydrogens is 260 g/mol. The molecule has 0 aromatic carbocycles. The Morgan fingerprint density at radius 3 is 2.95 bits per heavy atom. The summed E-state index contributed by atoms with van der Waals surface area (Å²) in [4.78, 5) is 4.03. The van der Waals surface area contributed by atoms with Gasteiger partial charge >= 0.3 is 0 Å². The van der Waals surface area contributed by atoms with Crippen molar-refractivity contribution in [2.45, 2.75) is 31.9 Å². The SMILES string of the molecule is S=c1[nH]nc(-c2ccncc2)n1CC1CCCCO1. The molecule has 2 aromatic heterocycles. The molecule has 0 amide bonds. The molecule has 1 aliphatic heterocycles. The van der Waals surface area contributed by atoms with E-state index in [1.807, 2.05) is 16.7 Å². The fourth-order valence-electron chi connectivity index (χ4n) is 2.36. The topological polar surface area (TPSA) is 55.7 Å². The van der Waals surface area contributed by atoms with E-state index in [2.05, 4.69) is 15.2 Å². The average Bonchev–Trinajstić information content (AvgIpc) is 2.82. The lowest BCUT2D eigenvalue weighted by Crippen LogP contribution is -2.24. The van der Waals surface area contributed by atoms with Crippen molar-refractivity contribution in [2.75, 3.05) is 6.61 Å². The average molecular weight is 276 g/mol. The minimum atomic E-state index is 0.235. The molecule has 1 atom stereocenters. The van der Waals surface area contributed by atoms with Crippen molar-refractivity contribution in [3.8, 4) is 11.4 Å². The van der Waals surface area contributed by atoms with Crippen LogP contribution < -0.4 is 0 Å². The molecular formula is C13H16N4OS. The molecule has 0 saturated carbocycles. The number of nitrogens with one attached hydrogen (secondary N) is 1. The summed E-state index contributed by atoms with van der Waals surface area (Å²) < 4.78 is 8.43. The molecule has 1 unspecified atom stereocenters. The van der Waals surface area contributed by atoms with Crippen LogP contribution in [0, 0.1) is 4.77 Å². The van der Waals surface area contributed by atoms with Crippen molar-refractivity contribution in [1.82, 2.24) is 19.7 Å². The van der Waals surface area contributed by atoms with Crippen LogP contribution >= 0.6 is 12.2 Å². The highest BCUT2D eigenvalue weighted by Crippen LogP contribution is 2.20. The maximum Gasteiger partial charge on any atom is 0.195 e. The summed E-state index contributed by atoms with van der Waals surface area (Å²) in [5.74, 6) is 0.849.